The zero-order chi connectivity index (χ0) is 13.1. The van der Waals surface area contributed by atoms with Crippen LogP contribution in [0.5, 0.6) is 0 Å². The molecule has 0 spiro atoms. The van der Waals surface area contributed by atoms with E-state index in [1.54, 1.807) is 6.20 Å². The number of nitrogens with zero attached hydrogens (tertiary/aromatic N) is 1. The van der Waals surface area contributed by atoms with Crippen molar-refractivity contribution in [3.63, 3.8) is 0 Å². The van der Waals surface area contributed by atoms with Gasteiger partial charge in [-0.25, -0.2) is 0 Å². The van der Waals surface area contributed by atoms with Gasteiger partial charge in [-0.3, -0.25) is 9.78 Å². The van der Waals surface area contributed by atoms with Gasteiger partial charge in [-0.1, -0.05) is 24.3 Å². The number of rotatable bonds is 3. The monoisotopic (exact) mass is 265 g/mol. The van der Waals surface area contributed by atoms with E-state index in [0.29, 0.717) is 0 Å². The molecule has 0 radical (unpaired) electrons. The Kier molecular flexibility index (Phi) is 3.21. The lowest BCUT2D eigenvalue weighted by molar-refractivity contribution is 0.112. The predicted molar refractivity (Wildman–Crippen MR) is 78.4 cm³/mol. The molecule has 19 heavy (non-hydrogen) atoms. The van der Waals surface area contributed by atoms with Crippen LogP contribution in [0.2, 0.25) is 0 Å². The molecule has 0 bridgehead atoms. The Bertz CT molecular complexity index is 704. The molecule has 0 atom stereocenters. The van der Waals surface area contributed by atoms with Crippen LogP contribution in [0.3, 0.4) is 0 Å². The maximum Gasteiger partial charge on any atom is 0.160 e. The molecule has 0 aliphatic carbocycles. The van der Waals surface area contributed by atoms with E-state index in [4.69, 9.17) is 0 Å². The summed E-state index contributed by atoms with van der Waals surface area (Å²) in [5, 5.41) is 0. The van der Waals surface area contributed by atoms with Crippen molar-refractivity contribution in [2.45, 2.75) is 0 Å². The minimum absolute atomic E-state index is 0.748. The smallest absolute Gasteiger partial charge is 0.160 e. The highest BCUT2D eigenvalue weighted by Gasteiger charge is 2.04. The van der Waals surface area contributed by atoms with E-state index < -0.39 is 0 Å². The summed E-state index contributed by atoms with van der Waals surface area (Å²) in [7, 11) is 0. The zero-order valence-electron chi connectivity index (χ0n) is 10.1. The van der Waals surface area contributed by atoms with Crippen molar-refractivity contribution < 1.29 is 4.79 Å². The molecular weight excluding hydrogens is 254 g/mol. The Hall–Kier alpha value is -2.26. The molecule has 0 fully saturated rings. The first-order valence-electron chi connectivity index (χ1n) is 5.94. The first-order chi connectivity index (χ1) is 9.36. The molecule has 2 nitrogen and oxygen atoms in total. The minimum Gasteiger partial charge on any atom is -0.297 e. The van der Waals surface area contributed by atoms with Crippen molar-refractivity contribution in [1.82, 2.24) is 4.98 Å². The molecule has 0 saturated heterocycles. The van der Waals surface area contributed by atoms with Crippen LogP contribution in [-0.2, 0) is 0 Å². The van der Waals surface area contributed by atoms with Gasteiger partial charge in [-0.05, 0) is 35.9 Å². The lowest BCUT2D eigenvalue weighted by atomic mass is 10.1. The lowest BCUT2D eigenvalue weighted by Crippen LogP contribution is -1.82. The van der Waals surface area contributed by atoms with Gasteiger partial charge in [0.25, 0.3) is 0 Å². The molecule has 0 saturated carbocycles. The highest BCUT2D eigenvalue weighted by Crippen LogP contribution is 2.30. The van der Waals surface area contributed by atoms with Crippen molar-refractivity contribution in [1.29, 1.82) is 0 Å². The van der Waals surface area contributed by atoms with Crippen LogP contribution in [0.1, 0.15) is 9.67 Å². The Morgan fingerprint density at radius 1 is 0.947 bits per heavy atom. The van der Waals surface area contributed by atoms with Crippen LogP contribution < -0.4 is 0 Å². The second kappa shape index (κ2) is 5.16. The van der Waals surface area contributed by atoms with E-state index in [1.165, 1.54) is 11.3 Å². The summed E-state index contributed by atoms with van der Waals surface area (Å²) in [5.41, 5.74) is 3.15. The number of benzene rings is 1. The maximum absolute atomic E-state index is 10.7. The quantitative estimate of drug-likeness (QED) is 0.661. The molecule has 3 aromatic rings. The molecule has 3 rings (SSSR count). The first-order valence-corrected chi connectivity index (χ1v) is 6.75. The van der Waals surface area contributed by atoms with Crippen molar-refractivity contribution in [2.75, 3.05) is 0 Å². The average Bonchev–Trinajstić information content (AvgIpc) is 2.97. The standard InChI is InChI=1S/C16H11NOS/c18-11-14-7-8-16(19-14)13-5-3-4-12(10-13)15-6-1-2-9-17-15/h1-11H. The first kappa shape index (κ1) is 11.8. The fraction of sp³-hybridized carbons (Fsp3) is 0. The third-order valence-electron chi connectivity index (χ3n) is 2.85. The van der Waals surface area contributed by atoms with Gasteiger partial charge in [0.2, 0.25) is 0 Å². The number of pyridine rings is 1. The molecule has 0 aliphatic rings. The van der Waals surface area contributed by atoms with Gasteiger partial charge in [-0.2, -0.15) is 0 Å². The van der Waals surface area contributed by atoms with Gasteiger partial charge < -0.3 is 0 Å². The van der Waals surface area contributed by atoms with Gasteiger partial charge in [0.15, 0.2) is 6.29 Å². The fourth-order valence-electron chi connectivity index (χ4n) is 1.94. The van der Waals surface area contributed by atoms with E-state index in [0.717, 1.165) is 32.9 Å². The van der Waals surface area contributed by atoms with Gasteiger partial charge in [0.05, 0.1) is 10.6 Å². The van der Waals surface area contributed by atoms with Crippen LogP contribution >= 0.6 is 11.3 Å². The van der Waals surface area contributed by atoms with Crippen molar-refractivity contribution in [3.8, 4) is 21.7 Å². The summed E-state index contributed by atoms with van der Waals surface area (Å²) in [6.07, 6.45) is 2.68. The summed E-state index contributed by atoms with van der Waals surface area (Å²) < 4.78 is 0. The molecule has 0 amide bonds. The normalized spacial score (nSPS) is 10.3. The van der Waals surface area contributed by atoms with Crippen LogP contribution in [0.15, 0.2) is 60.8 Å². The van der Waals surface area contributed by atoms with Crippen molar-refractivity contribution in [2.24, 2.45) is 0 Å². The Morgan fingerprint density at radius 2 is 1.84 bits per heavy atom. The number of carbonyl (C=O) groups is 1. The predicted octanol–water partition coefficient (Wildman–Crippen LogP) is 4.29. The van der Waals surface area contributed by atoms with Crippen LogP contribution in [0, 0.1) is 0 Å². The second-order valence-corrected chi connectivity index (χ2v) is 5.23. The number of hydrogen-bond donors (Lipinski definition) is 0. The molecule has 3 heteroatoms. The summed E-state index contributed by atoms with van der Waals surface area (Å²) in [5.74, 6) is 0. The zero-order valence-corrected chi connectivity index (χ0v) is 10.9. The molecule has 0 N–H and O–H groups in total. The van der Waals surface area contributed by atoms with Crippen LogP contribution in [0.4, 0.5) is 0 Å². The molecule has 1 aromatic carbocycles. The van der Waals surface area contributed by atoms with Gasteiger partial charge in [0.1, 0.15) is 0 Å². The van der Waals surface area contributed by atoms with Gasteiger partial charge in [-0.15, -0.1) is 11.3 Å². The Balaban J connectivity index is 2.02. The lowest BCUT2D eigenvalue weighted by Gasteiger charge is -2.03. The number of thiophene rings is 1. The molecule has 92 valence electrons. The van der Waals surface area contributed by atoms with E-state index in [2.05, 4.69) is 11.1 Å². The molecule has 0 unspecified atom stereocenters. The highest BCUT2D eigenvalue weighted by atomic mass is 32.1. The van der Waals surface area contributed by atoms with E-state index in [9.17, 15) is 4.79 Å². The molecule has 2 heterocycles. The summed E-state index contributed by atoms with van der Waals surface area (Å²) in [6.45, 7) is 0. The van der Waals surface area contributed by atoms with Gasteiger partial charge in [0, 0.05) is 16.6 Å². The number of carbonyl (C=O) groups excluding carboxylic acids is 1. The minimum atomic E-state index is 0.748. The SMILES string of the molecule is O=Cc1ccc(-c2cccc(-c3ccccn3)c2)s1. The highest BCUT2D eigenvalue weighted by molar-refractivity contribution is 7.17. The van der Waals surface area contributed by atoms with Crippen molar-refractivity contribution >= 4 is 17.6 Å². The largest absolute Gasteiger partial charge is 0.297 e. The van der Waals surface area contributed by atoms with Gasteiger partial charge >= 0.3 is 0 Å². The Labute approximate surface area is 115 Å². The summed E-state index contributed by atoms with van der Waals surface area (Å²) in [6, 6.07) is 17.9. The maximum atomic E-state index is 10.7. The second-order valence-electron chi connectivity index (χ2n) is 4.12. The number of hydrogen-bond acceptors (Lipinski definition) is 3. The fourth-order valence-corrected chi connectivity index (χ4v) is 2.76. The third-order valence-corrected chi connectivity index (χ3v) is 3.91. The van der Waals surface area contributed by atoms with E-state index in [-0.39, 0.29) is 0 Å². The molecular formula is C16H11NOS. The van der Waals surface area contributed by atoms with Crippen molar-refractivity contribution in [3.05, 3.63) is 65.7 Å². The molecule has 0 aliphatic heterocycles. The number of aromatic nitrogens is 1. The average molecular weight is 265 g/mol. The summed E-state index contributed by atoms with van der Waals surface area (Å²) >= 11 is 1.50. The van der Waals surface area contributed by atoms with Crippen LogP contribution in [0.25, 0.3) is 21.7 Å². The van der Waals surface area contributed by atoms with E-state index >= 15 is 0 Å². The third kappa shape index (κ3) is 2.46. The number of aldehydes is 1. The van der Waals surface area contributed by atoms with Crippen LogP contribution in [-0.4, -0.2) is 11.3 Å². The summed E-state index contributed by atoms with van der Waals surface area (Å²) in [4.78, 5) is 16.9. The molecule has 2 aromatic heterocycles. The topological polar surface area (TPSA) is 30.0 Å². The van der Waals surface area contributed by atoms with E-state index in [1.807, 2.05) is 48.5 Å². The Morgan fingerprint density at radius 3 is 2.58 bits per heavy atom.